The van der Waals surface area contributed by atoms with Crippen LogP contribution < -0.4 is 10.6 Å². The van der Waals surface area contributed by atoms with Crippen LogP contribution in [0.5, 0.6) is 0 Å². The molecule has 0 atom stereocenters. The first-order chi connectivity index (χ1) is 7.19. The van der Waals surface area contributed by atoms with Gasteiger partial charge in [-0.05, 0) is 41.3 Å². The number of benzene rings is 1. The lowest BCUT2D eigenvalue weighted by atomic mass is 9.75. The fourth-order valence-corrected chi connectivity index (χ4v) is 2.64. The number of hydrogen-bond acceptors (Lipinski definition) is 2. The highest BCUT2D eigenvalue weighted by Crippen LogP contribution is 2.42. The highest BCUT2D eigenvalue weighted by atomic mass is 79.9. The molecule has 2 N–H and O–H groups in total. The van der Waals surface area contributed by atoms with Crippen LogP contribution in [-0.2, 0) is 0 Å². The molecular weight excluding hydrogens is 259 g/mol. The summed E-state index contributed by atoms with van der Waals surface area (Å²) >= 11 is 3.19. The Bertz CT molecular complexity index is 415. The predicted octanol–water partition coefficient (Wildman–Crippen LogP) is 3.35. The van der Waals surface area contributed by atoms with E-state index < -0.39 is 0 Å². The van der Waals surface area contributed by atoms with Crippen LogP contribution in [0.15, 0.2) is 16.6 Å². The minimum absolute atomic E-state index is 0.188. The molecule has 1 fully saturated rings. The summed E-state index contributed by atoms with van der Waals surface area (Å²) in [5.74, 6) is -0.209. The lowest BCUT2D eigenvalue weighted by Crippen LogP contribution is -2.52. The van der Waals surface area contributed by atoms with Crippen molar-refractivity contribution in [1.29, 1.82) is 0 Å². The van der Waals surface area contributed by atoms with E-state index in [0.717, 1.165) is 17.9 Å². The molecule has 1 spiro atoms. The van der Waals surface area contributed by atoms with Crippen LogP contribution in [0.1, 0.15) is 19.3 Å². The summed E-state index contributed by atoms with van der Waals surface area (Å²) in [7, 11) is 0. The molecule has 4 heteroatoms. The van der Waals surface area contributed by atoms with Crippen molar-refractivity contribution in [3.05, 3.63) is 22.4 Å². The third kappa shape index (κ3) is 1.42. The number of anilines is 2. The average Bonchev–Trinajstić information content (AvgIpc) is 2.17. The number of hydrogen-bond donors (Lipinski definition) is 2. The molecule has 1 aliphatic heterocycles. The van der Waals surface area contributed by atoms with E-state index >= 15 is 0 Å². The second kappa shape index (κ2) is 3.11. The fourth-order valence-electron chi connectivity index (χ4n) is 2.30. The lowest BCUT2D eigenvalue weighted by Gasteiger charge is -2.47. The zero-order chi connectivity index (χ0) is 10.5. The van der Waals surface area contributed by atoms with Gasteiger partial charge in [0.1, 0.15) is 5.82 Å². The van der Waals surface area contributed by atoms with Crippen molar-refractivity contribution in [3.8, 4) is 0 Å². The molecule has 1 aliphatic carbocycles. The molecule has 80 valence electrons. The van der Waals surface area contributed by atoms with Gasteiger partial charge in [0.2, 0.25) is 0 Å². The van der Waals surface area contributed by atoms with Crippen LogP contribution in [0.2, 0.25) is 0 Å². The molecule has 0 amide bonds. The van der Waals surface area contributed by atoms with Crippen LogP contribution in [0.3, 0.4) is 0 Å². The monoisotopic (exact) mass is 270 g/mol. The molecule has 0 unspecified atom stereocenters. The van der Waals surface area contributed by atoms with Crippen molar-refractivity contribution in [1.82, 2.24) is 0 Å². The van der Waals surface area contributed by atoms with Gasteiger partial charge in [-0.3, -0.25) is 0 Å². The molecule has 15 heavy (non-hydrogen) atoms. The first-order valence-electron chi connectivity index (χ1n) is 5.20. The molecule has 0 aromatic heterocycles. The van der Waals surface area contributed by atoms with Gasteiger partial charge in [0.05, 0.1) is 21.4 Å². The summed E-state index contributed by atoms with van der Waals surface area (Å²) in [6, 6.07) is 3.36. The van der Waals surface area contributed by atoms with Gasteiger partial charge in [-0.25, -0.2) is 4.39 Å². The molecule has 1 aromatic carbocycles. The summed E-state index contributed by atoms with van der Waals surface area (Å²) in [6.45, 7) is 0.943. The molecular formula is C11H12BrFN2. The standard InChI is InChI=1S/C11H12BrFN2/c12-7-4-9-10(5-8(7)13)15-11(6-14-9)2-1-3-11/h4-5,14-15H,1-3,6H2. The van der Waals surface area contributed by atoms with Crippen LogP contribution in [0, 0.1) is 5.82 Å². The maximum Gasteiger partial charge on any atom is 0.139 e. The number of nitrogens with one attached hydrogen (secondary N) is 2. The quantitative estimate of drug-likeness (QED) is 0.756. The predicted molar refractivity (Wildman–Crippen MR) is 62.8 cm³/mol. The van der Waals surface area contributed by atoms with Crippen LogP contribution in [0.25, 0.3) is 0 Å². The Labute approximate surface area is 96.4 Å². The third-order valence-corrected chi connectivity index (χ3v) is 4.00. The van der Waals surface area contributed by atoms with Crippen LogP contribution >= 0.6 is 15.9 Å². The van der Waals surface area contributed by atoms with Gasteiger partial charge in [0, 0.05) is 12.6 Å². The molecule has 0 radical (unpaired) electrons. The van der Waals surface area contributed by atoms with E-state index in [1.807, 2.05) is 0 Å². The molecule has 1 aromatic rings. The molecule has 1 heterocycles. The summed E-state index contributed by atoms with van der Waals surface area (Å²) in [5.41, 5.74) is 2.07. The number of halogens is 2. The van der Waals surface area contributed by atoms with Gasteiger partial charge >= 0.3 is 0 Å². The number of rotatable bonds is 0. The zero-order valence-corrected chi connectivity index (χ0v) is 9.83. The molecule has 2 aliphatic rings. The normalized spacial score (nSPS) is 21.2. The van der Waals surface area contributed by atoms with E-state index in [4.69, 9.17) is 0 Å². The second-order valence-corrected chi connectivity index (χ2v) is 5.28. The minimum atomic E-state index is -0.209. The van der Waals surface area contributed by atoms with Crippen molar-refractivity contribution < 1.29 is 4.39 Å². The molecule has 1 saturated carbocycles. The summed E-state index contributed by atoms with van der Waals surface area (Å²) in [4.78, 5) is 0. The highest BCUT2D eigenvalue weighted by Gasteiger charge is 2.39. The largest absolute Gasteiger partial charge is 0.381 e. The molecule has 0 saturated heterocycles. The van der Waals surface area contributed by atoms with E-state index in [1.54, 1.807) is 12.1 Å². The van der Waals surface area contributed by atoms with Gasteiger partial charge in [0.25, 0.3) is 0 Å². The second-order valence-electron chi connectivity index (χ2n) is 4.42. The average molecular weight is 271 g/mol. The smallest absolute Gasteiger partial charge is 0.139 e. The minimum Gasteiger partial charge on any atom is -0.381 e. The molecule has 2 nitrogen and oxygen atoms in total. The Morgan fingerprint density at radius 3 is 2.73 bits per heavy atom. The Hall–Kier alpha value is -0.770. The Kier molecular flexibility index (Phi) is 1.96. The topological polar surface area (TPSA) is 24.1 Å². The van der Waals surface area contributed by atoms with Crippen molar-refractivity contribution in [2.45, 2.75) is 24.8 Å². The van der Waals surface area contributed by atoms with Gasteiger partial charge < -0.3 is 10.6 Å². The van der Waals surface area contributed by atoms with Crippen molar-refractivity contribution in [2.24, 2.45) is 0 Å². The third-order valence-electron chi connectivity index (χ3n) is 3.39. The summed E-state index contributed by atoms with van der Waals surface area (Å²) in [5, 5.41) is 6.82. The highest BCUT2D eigenvalue weighted by molar-refractivity contribution is 9.10. The van der Waals surface area contributed by atoms with Crippen LogP contribution in [0.4, 0.5) is 15.8 Å². The first-order valence-corrected chi connectivity index (χ1v) is 5.99. The maximum absolute atomic E-state index is 13.4. The first kappa shape index (κ1) is 9.46. The summed E-state index contributed by atoms with van der Waals surface area (Å²) < 4.78 is 13.9. The fraction of sp³-hybridized carbons (Fsp3) is 0.455. The molecule has 0 bridgehead atoms. The van der Waals surface area contributed by atoms with Gasteiger partial charge in [-0.15, -0.1) is 0 Å². The number of fused-ring (bicyclic) bond motifs is 1. The van der Waals surface area contributed by atoms with E-state index in [1.165, 1.54) is 19.3 Å². The van der Waals surface area contributed by atoms with Crippen LogP contribution in [-0.4, -0.2) is 12.1 Å². The van der Waals surface area contributed by atoms with Gasteiger partial charge in [-0.2, -0.15) is 0 Å². The van der Waals surface area contributed by atoms with Gasteiger partial charge in [0.15, 0.2) is 0 Å². The SMILES string of the molecule is Fc1cc2c(cc1Br)NCC1(CCC1)N2. The van der Waals surface area contributed by atoms with Crippen molar-refractivity contribution >= 4 is 27.3 Å². The Balaban J connectivity index is 1.98. The zero-order valence-electron chi connectivity index (χ0n) is 8.24. The van der Waals surface area contributed by atoms with E-state index in [9.17, 15) is 4.39 Å². The maximum atomic E-state index is 13.4. The van der Waals surface area contributed by atoms with Crippen molar-refractivity contribution in [3.63, 3.8) is 0 Å². The van der Waals surface area contributed by atoms with E-state index in [-0.39, 0.29) is 11.4 Å². The van der Waals surface area contributed by atoms with Gasteiger partial charge in [-0.1, -0.05) is 0 Å². The Morgan fingerprint density at radius 2 is 2.07 bits per heavy atom. The Morgan fingerprint density at radius 1 is 1.27 bits per heavy atom. The van der Waals surface area contributed by atoms with Crippen molar-refractivity contribution in [2.75, 3.05) is 17.2 Å². The van der Waals surface area contributed by atoms with E-state index in [2.05, 4.69) is 26.6 Å². The van der Waals surface area contributed by atoms with E-state index in [0.29, 0.717) is 4.47 Å². The summed E-state index contributed by atoms with van der Waals surface area (Å²) in [6.07, 6.45) is 3.62. The lowest BCUT2D eigenvalue weighted by molar-refractivity contribution is 0.291. The molecule has 3 rings (SSSR count).